The predicted octanol–water partition coefficient (Wildman–Crippen LogP) is 6.20. The maximum atomic E-state index is 13.6. The molecule has 3 aromatic rings. The Morgan fingerprint density at radius 2 is 1.87 bits per heavy atom. The number of benzene rings is 2. The normalized spacial score (nSPS) is 14.9. The van der Waals surface area contributed by atoms with E-state index in [0.29, 0.717) is 18.0 Å². The fourth-order valence-electron chi connectivity index (χ4n) is 4.86. The van der Waals surface area contributed by atoms with E-state index in [0.717, 1.165) is 53.7 Å². The van der Waals surface area contributed by atoms with Crippen molar-refractivity contribution in [2.45, 2.75) is 58.0 Å². The summed E-state index contributed by atoms with van der Waals surface area (Å²) in [4.78, 5) is 15.6. The molecule has 154 valence electrons. The molecule has 0 fully saturated rings. The molecule has 0 N–H and O–H groups in total. The highest BCUT2D eigenvalue weighted by molar-refractivity contribution is 6.31. The summed E-state index contributed by atoms with van der Waals surface area (Å²) in [5.41, 5.74) is 3.85. The zero-order valence-electron chi connectivity index (χ0n) is 17.5. The van der Waals surface area contributed by atoms with Crippen LogP contribution >= 0.6 is 11.6 Å². The number of amides is 1. The molecule has 1 aliphatic rings. The number of aryl methyl sites for hydroxylation is 1. The number of para-hydroxylation sites is 1. The molecule has 0 bridgehead atoms. The number of rotatable bonds is 7. The van der Waals surface area contributed by atoms with Gasteiger partial charge in [0, 0.05) is 40.3 Å². The van der Waals surface area contributed by atoms with E-state index in [1.54, 1.807) is 0 Å². The van der Waals surface area contributed by atoms with Crippen molar-refractivity contribution in [1.29, 1.82) is 5.26 Å². The summed E-state index contributed by atoms with van der Waals surface area (Å²) in [7, 11) is 0. The standard InChI is InChI=1S/C25H26ClN3O/c1-3-25(4-2)21-9-5-6-10-23(21)29(24(25)30)17-20-16-18-15-19(26)11-12-22(18)28(20)14-8-7-13-27/h5-6,9-12,15-16H,3-4,7-8,14,17H2,1-2H3. The van der Waals surface area contributed by atoms with E-state index in [4.69, 9.17) is 16.9 Å². The summed E-state index contributed by atoms with van der Waals surface area (Å²) >= 11 is 6.23. The number of hydrogen-bond acceptors (Lipinski definition) is 2. The summed E-state index contributed by atoms with van der Waals surface area (Å²) in [6, 6.07) is 18.4. The Labute approximate surface area is 182 Å². The van der Waals surface area contributed by atoms with Gasteiger partial charge < -0.3 is 9.47 Å². The Bertz CT molecular complexity index is 1140. The average molecular weight is 420 g/mol. The monoisotopic (exact) mass is 419 g/mol. The number of nitrogens with zero attached hydrogens (tertiary/aromatic N) is 3. The summed E-state index contributed by atoms with van der Waals surface area (Å²) < 4.78 is 2.23. The van der Waals surface area contributed by atoms with E-state index < -0.39 is 5.41 Å². The van der Waals surface area contributed by atoms with Gasteiger partial charge in [-0.3, -0.25) is 4.79 Å². The van der Waals surface area contributed by atoms with Crippen molar-refractivity contribution < 1.29 is 4.79 Å². The lowest BCUT2D eigenvalue weighted by atomic mass is 9.77. The number of halogens is 1. The first-order valence-corrected chi connectivity index (χ1v) is 11.0. The fourth-order valence-corrected chi connectivity index (χ4v) is 5.04. The Hall–Kier alpha value is -2.77. The van der Waals surface area contributed by atoms with Crippen LogP contribution in [-0.4, -0.2) is 10.5 Å². The van der Waals surface area contributed by atoms with E-state index in [9.17, 15) is 4.79 Å². The van der Waals surface area contributed by atoms with E-state index in [2.05, 4.69) is 42.7 Å². The third kappa shape index (κ3) is 3.18. The summed E-state index contributed by atoms with van der Waals surface area (Å²) in [5.74, 6) is 0.181. The number of carbonyl (C=O) groups is 1. The molecule has 0 saturated heterocycles. The van der Waals surface area contributed by atoms with Crippen molar-refractivity contribution in [3.8, 4) is 6.07 Å². The van der Waals surface area contributed by atoms with Crippen LogP contribution in [0.25, 0.3) is 10.9 Å². The minimum absolute atomic E-state index is 0.181. The van der Waals surface area contributed by atoms with Gasteiger partial charge in [0.05, 0.1) is 18.0 Å². The highest BCUT2D eigenvalue weighted by Crippen LogP contribution is 2.46. The second kappa shape index (κ2) is 8.16. The molecule has 0 saturated carbocycles. The highest BCUT2D eigenvalue weighted by atomic mass is 35.5. The molecule has 0 atom stereocenters. The molecule has 0 spiro atoms. The van der Waals surface area contributed by atoms with Gasteiger partial charge in [0.25, 0.3) is 0 Å². The second-order valence-electron chi connectivity index (χ2n) is 7.95. The fraction of sp³-hybridized carbons (Fsp3) is 0.360. The van der Waals surface area contributed by atoms with E-state index in [-0.39, 0.29) is 5.91 Å². The first-order chi connectivity index (χ1) is 14.6. The van der Waals surface area contributed by atoms with Crippen molar-refractivity contribution in [3.63, 3.8) is 0 Å². The molecule has 2 heterocycles. The predicted molar refractivity (Wildman–Crippen MR) is 122 cm³/mol. The summed E-state index contributed by atoms with van der Waals surface area (Å²) in [6.07, 6.45) is 2.86. The molecule has 4 rings (SSSR count). The van der Waals surface area contributed by atoms with E-state index >= 15 is 0 Å². The third-order valence-electron chi connectivity index (χ3n) is 6.51. The molecule has 1 aromatic heterocycles. The maximum Gasteiger partial charge on any atom is 0.238 e. The number of carbonyl (C=O) groups excluding carboxylic acids is 1. The molecule has 2 aromatic carbocycles. The van der Waals surface area contributed by atoms with Crippen LogP contribution in [0.3, 0.4) is 0 Å². The van der Waals surface area contributed by atoms with Crippen molar-refractivity contribution >= 4 is 34.1 Å². The van der Waals surface area contributed by atoms with Crippen LogP contribution in [0.15, 0.2) is 48.5 Å². The highest BCUT2D eigenvalue weighted by Gasteiger charge is 2.48. The SMILES string of the molecule is CCC1(CC)C(=O)N(Cc2cc3cc(Cl)ccc3n2CCCC#N)c2ccccc21. The minimum atomic E-state index is -0.447. The Morgan fingerprint density at radius 3 is 2.60 bits per heavy atom. The summed E-state index contributed by atoms with van der Waals surface area (Å²) in [5, 5.41) is 10.7. The van der Waals surface area contributed by atoms with Gasteiger partial charge >= 0.3 is 0 Å². The van der Waals surface area contributed by atoms with E-state index in [1.165, 1.54) is 0 Å². The van der Waals surface area contributed by atoms with E-state index in [1.807, 2.05) is 35.2 Å². The van der Waals surface area contributed by atoms with Crippen LogP contribution in [0.4, 0.5) is 5.69 Å². The van der Waals surface area contributed by atoms with Gasteiger partial charge in [-0.05, 0) is 55.2 Å². The van der Waals surface area contributed by atoms with Gasteiger partial charge in [-0.15, -0.1) is 0 Å². The zero-order chi connectivity index (χ0) is 21.3. The van der Waals surface area contributed by atoms with Gasteiger partial charge in [-0.2, -0.15) is 5.26 Å². The summed E-state index contributed by atoms with van der Waals surface area (Å²) in [6.45, 7) is 5.45. The number of aromatic nitrogens is 1. The molecule has 1 aliphatic heterocycles. The molecule has 0 unspecified atom stereocenters. The van der Waals surface area contributed by atoms with Gasteiger partial charge in [0.2, 0.25) is 5.91 Å². The maximum absolute atomic E-state index is 13.6. The first kappa shape index (κ1) is 20.5. The van der Waals surface area contributed by atoms with Crippen LogP contribution in [0.1, 0.15) is 50.8 Å². The van der Waals surface area contributed by atoms with Crippen molar-refractivity contribution in [2.24, 2.45) is 0 Å². The lowest BCUT2D eigenvalue weighted by Gasteiger charge is -2.26. The molecule has 1 amide bonds. The minimum Gasteiger partial charge on any atom is -0.343 e. The number of hydrogen-bond donors (Lipinski definition) is 0. The number of unbranched alkanes of at least 4 members (excludes halogenated alkanes) is 1. The lowest BCUT2D eigenvalue weighted by Crippen LogP contribution is -2.39. The van der Waals surface area contributed by atoms with Gasteiger partial charge in [0.15, 0.2) is 0 Å². The quantitative estimate of drug-likeness (QED) is 0.428. The molecule has 4 nitrogen and oxygen atoms in total. The molecular formula is C25H26ClN3O. The van der Waals surface area contributed by atoms with Crippen LogP contribution in [-0.2, 0) is 23.3 Å². The van der Waals surface area contributed by atoms with Crippen LogP contribution in [0.2, 0.25) is 5.02 Å². The van der Waals surface area contributed by atoms with Crippen LogP contribution < -0.4 is 4.90 Å². The largest absolute Gasteiger partial charge is 0.343 e. The van der Waals surface area contributed by atoms with Crippen molar-refractivity contribution in [3.05, 3.63) is 64.8 Å². The number of nitriles is 1. The van der Waals surface area contributed by atoms with Gasteiger partial charge in [-0.1, -0.05) is 43.6 Å². The Morgan fingerprint density at radius 1 is 1.10 bits per heavy atom. The van der Waals surface area contributed by atoms with Crippen molar-refractivity contribution in [1.82, 2.24) is 4.57 Å². The molecule has 30 heavy (non-hydrogen) atoms. The molecular weight excluding hydrogens is 394 g/mol. The van der Waals surface area contributed by atoms with Gasteiger partial charge in [-0.25, -0.2) is 0 Å². The van der Waals surface area contributed by atoms with Crippen LogP contribution in [0.5, 0.6) is 0 Å². The second-order valence-corrected chi connectivity index (χ2v) is 8.39. The topological polar surface area (TPSA) is 49.0 Å². The number of fused-ring (bicyclic) bond motifs is 2. The third-order valence-corrected chi connectivity index (χ3v) is 6.75. The van der Waals surface area contributed by atoms with Crippen LogP contribution in [0, 0.1) is 11.3 Å². The average Bonchev–Trinajstić information content (AvgIpc) is 3.21. The zero-order valence-corrected chi connectivity index (χ0v) is 18.2. The molecule has 5 heteroatoms. The Kier molecular flexibility index (Phi) is 5.58. The number of anilines is 1. The first-order valence-electron chi connectivity index (χ1n) is 10.6. The molecule has 0 radical (unpaired) electrons. The smallest absolute Gasteiger partial charge is 0.238 e. The Balaban J connectivity index is 1.78. The van der Waals surface area contributed by atoms with Crippen molar-refractivity contribution in [2.75, 3.05) is 4.90 Å². The van der Waals surface area contributed by atoms with Gasteiger partial charge in [0.1, 0.15) is 0 Å². The lowest BCUT2D eigenvalue weighted by molar-refractivity contribution is -0.123. The molecule has 0 aliphatic carbocycles.